The average molecular weight is 492 g/mol. The molecule has 33 heavy (non-hydrogen) atoms. The van der Waals surface area contributed by atoms with Crippen LogP contribution in [0, 0.1) is 11.2 Å². The van der Waals surface area contributed by atoms with Crippen molar-refractivity contribution in [2.75, 3.05) is 10.7 Å². The predicted molar refractivity (Wildman–Crippen MR) is 122 cm³/mol. The number of nitrogens with two attached hydrogens (primary N) is 1. The molecule has 1 unspecified atom stereocenters. The monoisotopic (exact) mass is 491 g/mol. The molecule has 3 N–H and O–H groups in total. The zero-order valence-corrected chi connectivity index (χ0v) is 19.6. The van der Waals surface area contributed by atoms with Gasteiger partial charge >= 0.3 is 6.15 Å². The highest BCUT2D eigenvalue weighted by Gasteiger charge is 2.46. The van der Waals surface area contributed by atoms with E-state index in [4.69, 9.17) is 26.9 Å². The zero-order chi connectivity index (χ0) is 24.3. The molecular formula is C23H23ClFN3O4S. The van der Waals surface area contributed by atoms with Gasteiger partial charge in [-0.1, -0.05) is 37.6 Å². The molecule has 2 aromatic carbocycles. The molecule has 2 aliphatic rings. The summed E-state index contributed by atoms with van der Waals surface area (Å²) in [4.78, 5) is 44.1. The molecule has 1 aliphatic heterocycles. The van der Waals surface area contributed by atoms with E-state index in [9.17, 15) is 14.0 Å². The Hall–Kier alpha value is -2.71. The summed E-state index contributed by atoms with van der Waals surface area (Å²) in [7, 11) is 0. The number of halogens is 2. The number of rotatable bonds is 4. The Kier molecular flexibility index (Phi) is 7.59. The van der Waals surface area contributed by atoms with E-state index in [1.807, 2.05) is 12.1 Å². The standard InChI is InChI=1S/C22H23ClFN3O2S.CO2/c1-22(2)9-19(22)26-20(28)14-7-17-18(8-15(14)24)30-11-16(25)21(29)27(17)10-12-3-5-13(23)6-4-12;2-1-3/h3-8,16,19H,9-11,25H2,1-2H3,(H,26,28);/t16-,19?;/m0./s1. The van der Waals surface area contributed by atoms with Crippen LogP contribution in [0.1, 0.15) is 36.2 Å². The lowest BCUT2D eigenvalue weighted by Crippen LogP contribution is -2.44. The Labute approximate surface area is 199 Å². The Bertz CT molecular complexity index is 1100. The molecule has 0 aromatic heterocycles. The minimum Gasteiger partial charge on any atom is -0.349 e. The summed E-state index contributed by atoms with van der Waals surface area (Å²) in [6.45, 7) is 4.35. The molecular weight excluding hydrogens is 469 g/mol. The van der Waals surface area contributed by atoms with E-state index in [0.29, 0.717) is 21.4 Å². The van der Waals surface area contributed by atoms with Gasteiger partial charge in [-0.25, -0.2) is 4.39 Å². The number of amides is 2. The maximum atomic E-state index is 14.8. The summed E-state index contributed by atoms with van der Waals surface area (Å²) >= 11 is 7.28. The van der Waals surface area contributed by atoms with Crippen LogP contribution in [0.15, 0.2) is 41.3 Å². The third kappa shape index (κ3) is 5.81. The smallest absolute Gasteiger partial charge is 0.349 e. The molecule has 10 heteroatoms. The Morgan fingerprint density at radius 3 is 2.48 bits per heavy atom. The van der Waals surface area contributed by atoms with E-state index in [2.05, 4.69) is 19.2 Å². The van der Waals surface area contributed by atoms with Gasteiger partial charge in [-0.2, -0.15) is 9.59 Å². The summed E-state index contributed by atoms with van der Waals surface area (Å²) in [5, 5.41) is 3.48. The van der Waals surface area contributed by atoms with E-state index >= 15 is 0 Å². The molecule has 1 saturated carbocycles. The first-order chi connectivity index (χ1) is 15.6. The first-order valence-corrected chi connectivity index (χ1v) is 11.5. The van der Waals surface area contributed by atoms with Crippen molar-refractivity contribution in [1.29, 1.82) is 0 Å². The lowest BCUT2D eigenvalue weighted by atomic mass is 10.1. The molecule has 0 saturated heterocycles. The minimum absolute atomic E-state index is 0.0248. The molecule has 0 spiro atoms. The van der Waals surface area contributed by atoms with Crippen LogP contribution in [0.3, 0.4) is 0 Å². The molecule has 4 rings (SSSR count). The van der Waals surface area contributed by atoms with Gasteiger partial charge in [0.15, 0.2) is 0 Å². The van der Waals surface area contributed by atoms with Gasteiger partial charge in [0.2, 0.25) is 5.91 Å². The fourth-order valence-corrected chi connectivity index (χ4v) is 4.63. The average Bonchev–Trinajstić information content (AvgIpc) is 3.39. The lowest BCUT2D eigenvalue weighted by Gasteiger charge is -2.25. The molecule has 174 valence electrons. The SMILES string of the molecule is CC1(C)CC1NC(=O)c1cc2c(cc1F)SC[C@H](N)C(=O)N2Cc1ccc(Cl)cc1.O=C=O. The Balaban J connectivity index is 0.000000968. The third-order valence-electron chi connectivity index (χ3n) is 5.66. The number of hydrogen-bond donors (Lipinski definition) is 2. The van der Waals surface area contributed by atoms with Crippen molar-refractivity contribution in [2.24, 2.45) is 11.1 Å². The molecule has 0 bridgehead atoms. The van der Waals surface area contributed by atoms with E-state index in [1.165, 1.54) is 28.8 Å². The van der Waals surface area contributed by atoms with Crippen LogP contribution in [-0.4, -0.2) is 35.8 Å². The largest absolute Gasteiger partial charge is 0.373 e. The molecule has 2 aromatic rings. The number of hydrogen-bond acceptors (Lipinski definition) is 6. The summed E-state index contributed by atoms with van der Waals surface area (Å²) < 4.78 is 14.8. The van der Waals surface area contributed by atoms with Gasteiger partial charge in [0.05, 0.1) is 23.8 Å². The topological polar surface area (TPSA) is 110 Å². The van der Waals surface area contributed by atoms with Crippen LogP contribution in [0.2, 0.25) is 5.02 Å². The highest BCUT2D eigenvalue weighted by Crippen LogP contribution is 2.45. The number of anilines is 1. The number of fused-ring (bicyclic) bond motifs is 1. The van der Waals surface area contributed by atoms with Gasteiger partial charge in [-0.15, -0.1) is 11.8 Å². The molecule has 0 radical (unpaired) electrons. The fourth-order valence-electron chi connectivity index (χ4n) is 3.50. The quantitative estimate of drug-likeness (QED) is 0.678. The van der Waals surface area contributed by atoms with Crippen molar-refractivity contribution in [2.45, 2.75) is 43.8 Å². The molecule has 1 fully saturated rings. The van der Waals surface area contributed by atoms with Crippen molar-refractivity contribution in [3.8, 4) is 0 Å². The van der Waals surface area contributed by atoms with Gasteiger partial charge in [0, 0.05) is 21.7 Å². The van der Waals surface area contributed by atoms with Crippen molar-refractivity contribution in [1.82, 2.24) is 5.32 Å². The Morgan fingerprint density at radius 1 is 1.30 bits per heavy atom. The third-order valence-corrected chi connectivity index (χ3v) is 7.07. The summed E-state index contributed by atoms with van der Waals surface area (Å²) in [6.07, 6.45) is 1.11. The van der Waals surface area contributed by atoms with E-state index in [0.717, 1.165) is 12.0 Å². The molecule has 1 aliphatic carbocycles. The van der Waals surface area contributed by atoms with Crippen LogP contribution in [0.4, 0.5) is 10.1 Å². The van der Waals surface area contributed by atoms with Crippen molar-refractivity contribution >= 4 is 47.0 Å². The second-order valence-corrected chi connectivity index (χ2v) is 10.1. The predicted octanol–water partition coefficient (Wildman–Crippen LogP) is 3.39. The number of carbonyl (C=O) groups excluding carboxylic acids is 4. The molecule has 2 atom stereocenters. The number of thioether (sulfide) groups is 1. The van der Waals surface area contributed by atoms with Crippen LogP contribution >= 0.6 is 23.4 Å². The van der Waals surface area contributed by atoms with Gasteiger partial charge in [0.25, 0.3) is 5.91 Å². The lowest BCUT2D eigenvalue weighted by molar-refractivity contribution is -0.191. The summed E-state index contributed by atoms with van der Waals surface area (Å²) in [5.41, 5.74) is 7.37. The van der Waals surface area contributed by atoms with Gasteiger partial charge in [-0.05, 0) is 41.7 Å². The maximum Gasteiger partial charge on any atom is 0.373 e. The minimum atomic E-state index is -0.720. The molecule has 2 amide bonds. The number of nitrogens with one attached hydrogen (secondary N) is 1. The van der Waals surface area contributed by atoms with E-state index in [-0.39, 0.29) is 35.6 Å². The van der Waals surface area contributed by atoms with E-state index < -0.39 is 17.8 Å². The second kappa shape index (κ2) is 10.1. The summed E-state index contributed by atoms with van der Waals surface area (Å²) in [6, 6.07) is 9.24. The van der Waals surface area contributed by atoms with Crippen LogP contribution < -0.4 is 16.0 Å². The zero-order valence-electron chi connectivity index (χ0n) is 18.1. The van der Waals surface area contributed by atoms with Crippen LogP contribution in [0.25, 0.3) is 0 Å². The van der Waals surface area contributed by atoms with Crippen molar-refractivity contribution < 1.29 is 23.6 Å². The van der Waals surface area contributed by atoms with E-state index in [1.54, 1.807) is 12.1 Å². The van der Waals surface area contributed by atoms with Crippen molar-refractivity contribution in [3.05, 3.63) is 58.4 Å². The number of nitrogens with zero attached hydrogens (tertiary/aromatic N) is 1. The first kappa shape index (κ1) is 24.9. The van der Waals surface area contributed by atoms with Crippen LogP contribution in [-0.2, 0) is 20.9 Å². The number of carbonyl (C=O) groups is 2. The maximum absolute atomic E-state index is 14.8. The molecule has 7 nitrogen and oxygen atoms in total. The van der Waals surface area contributed by atoms with Gasteiger partial charge in [0.1, 0.15) is 5.82 Å². The Morgan fingerprint density at radius 2 is 1.91 bits per heavy atom. The summed E-state index contributed by atoms with van der Waals surface area (Å²) in [5.74, 6) is -1.00. The first-order valence-electron chi connectivity index (χ1n) is 10.1. The highest BCUT2D eigenvalue weighted by atomic mass is 35.5. The van der Waals surface area contributed by atoms with Crippen LogP contribution in [0.5, 0.6) is 0 Å². The normalized spacial score (nSPS) is 20.5. The highest BCUT2D eigenvalue weighted by molar-refractivity contribution is 7.99. The van der Waals surface area contributed by atoms with Crippen molar-refractivity contribution in [3.63, 3.8) is 0 Å². The second-order valence-electron chi connectivity index (χ2n) is 8.57. The number of benzene rings is 2. The van der Waals surface area contributed by atoms with Gasteiger partial charge in [-0.3, -0.25) is 9.59 Å². The molecule has 1 heterocycles. The fraction of sp³-hybridized carbons (Fsp3) is 0.348. The van der Waals surface area contributed by atoms with Gasteiger partial charge < -0.3 is 16.0 Å².